The van der Waals surface area contributed by atoms with Gasteiger partial charge >= 0.3 is 0 Å². The van der Waals surface area contributed by atoms with Crippen LogP contribution in [0.1, 0.15) is 24.2 Å². The lowest BCUT2D eigenvalue weighted by molar-refractivity contribution is 0.0985. The lowest BCUT2D eigenvalue weighted by Gasteiger charge is -2.23. The molecule has 0 N–H and O–H groups in total. The van der Waals surface area contributed by atoms with Crippen molar-refractivity contribution in [2.75, 3.05) is 50.1 Å². The molecule has 1 heterocycles. The molecule has 0 bridgehead atoms. The van der Waals surface area contributed by atoms with Gasteiger partial charge in [0.05, 0.1) is 10.2 Å². The van der Waals surface area contributed by atoms with Crippen LogP contribution in [-0.4, -0.2) is 56.1 Å². The first-order valence-corrected chi connectivity index (χ1v) is 11.0. The highest BCUT2D eigenvalue weighted by molar-refractivity contribution is 7.22. The zero-order valence-corrected chi connectivity index (χ0v) is 20.2. The molecule has 0 saturated heterocycles. The molecule has 1 amide bonds. The number of halogens is 2. The summed E-state index contributed by atoms with van der Waals surface area (Å²) in [7, 11) is 4.00. The van der Waals surface area contributed by atoms with Crippen LogP contribution in [0.5, 0.6) is 0 Å². The first-order chi connectivity index (χ1) is 13.9. The minimum Gasteiger partial charge on any atom is -0.372 e. The van der Waals surface area contributed by atoms with Gasteiger partial charge in [-0.1, -0.05) is 22.9 Å². The SMILES string of the molecule is CCN(CC)c1ccc(C(=O)N(CCN(C)C)c2nc3ccc(Cl)cc3s2)cc1.Cl. The molecule has 0 aliphatic rings. The van der Waals surface area contributed by atoms with Gasteiger partial charge in [0.1, 0.15) is 0 Å². The second-order valence-electron chi connectivity index (χ2n) is 7.09. The fourth-order valence-corrected chi connectivity index (χ4v) is 4.41. The first-order valence-electron chi connectivity index (χ1n) is 9.80. The molecule has 0 unspecified atom stereocenters. The number of hydrogen-bond acceptors (Lipinski definition) is 5. The summed E-state index contributed by atoms with van der Waals surface area (Å²) < 4.78 is 0.979. The number of aromatic nitrogens is 1. The predicted molar refractivity (Wildman–Crippen MR) is 132 cm³/mol. The molecule has 0 fully saturated rings. The number of likely N-dealkylation sites (N-methyl/N-ethyl adjacent to an activating group) is 1. The minimum atomic E-state index is -0.0388. The topological polar surface area (TPSA) is 39.7 Å². The van der Waals surface area contributed by atoms with Gasteiger partial charge in [-0.05, 0) is 70.4 Å². The van der Waals surface area contributed by atoms with Gasteiger partial charge in [-0.2, -0.15) is 0 Å². The molecule has 0 spiro atoms. The van der Waals surface area contributed by atoms with E-state index in [1.54, 1.807) is 4.90 Å². The summed E-state index contributed by atoms with van der Waals surface area (Å²) in [5.74, 6) is -0.0388. The van der Waals surface area contributed by atoms with Crippen LogP contribution in [0.15, 0.2) is 42.5 Å². The highest BCUT2D eigenvalue weighted by atomic mass is 35.5. The second-order valence-corrected chi connectivity index (χ2v) is 8.53. The molecule has 30 heavy (non-hydrogen) atoms. The number of rotatable bonds is 8. The Morgan fingerprint density at radius 3 is 2.30 bits per heavy atom. The molecule has 0 atom stereocenters. The zero-order valence-electron chi connectivity index (χ0n) is 17.8. The van der Waals surface area contributed by atoms with Gasteiger partial charge in [-0.3, -0.25) is 9.69 Å². The van der Waals surface area contributed by atoms with Crippen LogP contribution in [-0.2, 0) is 0 Å². The van der Waals surface area contributed by atoms with Crippen LogP contribution < -0.4 is 9.80 Å². The van der Waals surface area contributed by atoms with Gasteiger partial charge in [-0.25, -0.2) is 4.98 Å². The van der Waals surface area contributed by atoms with Crippen molar-refractivity contribution in [1.29, 1.82) is 0 Å². The summed E-state index contributed by atoms with van der Waals surface area (Å²) in [6.45, 7) is 7.45. The second kappa shape index (κ2) is 11.0. The van der Waals surface area contributed by atoms with Crippen LogP contribution in [0.25, 0.3) is 10.2 Å². The standard InChI is InChI=1S/C22H27ClN4OS.ClH/c1-5-26(6-2)18-10-7-16(8-11-18)21(28)27(14-13-25(3)4)22-24-19-12-9-17(23)15-20(19)29-22;/h7-12,15H,5-6,13-14H2,1-4H3;1H. The van der Waals surface area contributed by atoms with Gasteiger partial charge in [-0.15, -0.1) is 12.4 Å². The van der Waals surface area contributed by atoms with E-state index >= 15 is 0 Å². The van der Waals surface area contributed by atoms with E-state index in [1.807, 2.05) is 56.6 Å². The number of benzene rings is 2. The third-order valence-corrected chi connectivity index (χ3v) is 6.11. The lowest BCUT2D eigenvalue weighted by Crippen LogP contribution is -2.36. The number of fused-ring (bicyclic) bond motifs is 1. The van der Waals surface area contributed by atoms with Crippen molar-refractivity contribution in [3.05, 3.63) is 53.1 Å². The normalized spacial score (nSPS) is 10.9. The summed E-state index contributed by atoms with van der Waals surface area (Å²) in [6.07, 6.45) is 0. The highest BCUT2D eigenvalue weighted by Crippen LogP contribution is 2.31. The molecule has 0 aliphatic carbocycles. The van der Waals surface area contributed by atoms with Crippen LogP contribution in [0.3, 0.4) is 0 Å². The van der Waals surface area contributed by atoms with E-state index < -0.39 is 0 Å². The Bertz CT molecular complexity index is 971. The highest BCUT2D eigenvalue weighted by Gasteiger charge is 2.21. The van der Waals surface area contributed by atoms with E-state index in [-0.39, 0.29) is 18.3 Å². The fraction of sp³-hybridized carbons (Fsp3) is 0.364. The van der Waals surface area contributed by atoms with Crippen LogP contribution in [0.2, 0.25) is 5.02 Å². The number of hydrogen-bond donors (Lipinski definition) is 0. The van der Waals surface area contributed by atoms with Crippen molar-refractivity contribution in [2.45, 2.75) is 13.8 Å². The summed E-state index contributed by atoms with van der Waals surface area (Å²) in [6, 6.07) is 13.5. The molecule has 0 aliphatic heterocycles. The van der Waals surface area contributed by atoms with Crippen molar-refractivity contribution < 1.29 is 4.79 Å². The maximum Gasteiger partial charge on any atom is 0.260 e. The average Bonchev–Trinajstić information content (AvgIpc) is 3.12. The largest absolute Gasteiger partial charge is 0.372 e. The van der Waals surface area contributed by atoms with E-state index in [1.165, 1.54) is 11.3 Å². The summed E-state index contributed by atoms with van der Waals surface area (Å²) in [4.78, 5) is 24.1. The van der Waals surface area contributed by atoms with E-state index in [2.05, 4.69) is 28.6 Å². The summed E-state index contributed by atoms with van der Waals surface area (Å²) in [5.41, 5.74) is 2.65. The zero-order chi connectivity index (χ0) is 21.0. The Hall–Kier alpha value is -1.86. The first kappa shape index (κ1) is 24.4. The smallest absolute Gasteiger partial charge is 0.260 e. The third kappa shape index (κ3) is 5.64. The number of nitrogens with zero attached hydrogens (tertiary/aromatic N) is 4. The van der Waals surface area contributed by atoms with Gasteiger partial charge in [0, 0.05) is 42.5 Å². The van der Waals surface area contributed by atoms with Gasteiger partial charge < -0.3 is 9.80 Å². The Labute approximate surface area is 193 Å². The molecule has 3 rings (SSSR count). The number of carbonyl (C=O) groups excluding carboxylic acids is 1. The number of thiazole rings is 1. The number of carbonyl (C=O) groups is 1. The van der Waals surface area contributed by atoms with E-state index in [4.69, 9.17) is 11.6 Å². The average molecular weight is 467 g/mol. The van der Waals surface area contributed by atoms with E-state index in [0.717, 1.165) is 35.5 Å². The van der Waals surface area contributed by atoms with Crippen molar-refractivity contribution >= 4 is 62.3 Å². The molecular formula is C22H28Cl2N4OS. The predicted octanol–water partition coefficient (Wildman–Crippen LogP) is 5.43. The van der Waals surface area contributed by atoms with Crippen LogP contribution in [0.4, 0.5) is 10.8 Å². The van der Waals surface area contributed by atoms with Crippen molar-refractivity contribution in [3.8, 4) is 0 Å². The summed E-state index contributed by atoms with van der Waals surface area (Å²) in [5, 5.41) is 1.37. The Morgan fingerprint density at radius 2 is 1.70 bits per heavy atom. The molecule has 162 valence electrons. The van der Waals surface area contributed by atoms with Gasteiger partial charge in [0.25, 0.3) is 5.91 Å². The summed E-state index contributed by atoms with van der Waals surface area (Å²) >= 11 is 7.61. The third-order valence-electron chi connectivity index (χ3n) is 4.83. The molecular weight excluding hydrogens is 439 g/mol. The van der Waals surface area contributed by atoms with Crippen LogP contribution >= 0.6 is 35.3 Å². The van der Waals surface area contributed by atoms with Crippen molar-refractivity contribution in [2.24, 2.45) is 0 Å². The fourth-order valence-electron chi connectivity index (χ4n) is 3.15. The Balaban J connectivity index is 0.00000320. The quantitative estimate of drug-likeness (QED) is 0.443. The van der Waals surface area contributed by atoms with E-state index in [9.17, 15) is 4.79 Å². The Kier molecular flexibility index (Phi) is 8.92. The number of amides is 1. The van der Waals surface area contributed by atoms with Crippen molar-refractivity contribution in [1.82, 2.24) is 9.88 Å². The van der Waals surface area contributed by atoms with E-state index in [0.29, 0.717) is 22.3 Å². The Morgan fingerprint density at radius 1 is 1.03 bits per heavy atom. The molecule has 5 nitrogen and oxygen atoms in total. The van der Waals surface area contributed by atoms with Gasteiger partial charge in [0.2, 0.25) is 0 Å². The molecule has 0 saturated carbocycles. The number of anilines is 2. The molecule has 3 aromatic rings. The minimum absolute atomic E-state index is 0. The monoisotopic (exact) mass is 466 g/mol. The maximum absolute atomic E-state index is 13.4. The maximum atomic E-state index is 13.4. The molecule has 0 radical (unpaired) electrons. The van der Waals surface area contributed by atoms with Crippen LogP contribution in [0, 0.1) is 0 Å². The van der Waals surface area contributed by atoms with Gasteiger partial charge in [0.15, 0.2) is 5.13 Å². The molecule has 8 heteroatoms. The van der Waals surface area contributed by atoms with Crippen molar-refractivity contribution in [3.63, 3.8) is 0 Å². The molecule has 2 aromatic carbocycles. The molecule has 1 aromatic heterocycles. The lowest BCUT2D eigenvalue weighted by atomic mass is 10.1.